The largest absolute Gasteiger partial charge is 0.298 e. The molecule has 0 amide bonds. The summed E-state index contributed by atoms with van der Waals surface area (Å²) in [5, 5.41) is 11.1. The van der Waals surface area contributed by atoms with Gasteiger partial charge in [-0.15, -0.1) is 0 Å². The fourth-order valence-electron chi connectivity index (χ4n) is 1.33. The number of non-ortho nitro benzene ring substituents is 1. The first-order valence-electron chi connectivity index (χ1n) is 5.03. The molecule has 1 aromatic carbocycles. The van der Waals surface area contributed by atoms with Gasteiger partial charge in [0, 0.05) is 28.8 Å². The highest BCUT2D eigenvalue weighted by Gasteiger charge is 2.07. The second kappa shape index (κ2) is 5.42. The molecule has 0 N–H and O–H groups in total. The van der Waals surface area contributed by atoms with Gasteiger partial charge in [-0.05, 0) is 24.3 Å². The summed E-state index contributed by atoms with van der Waals surface area (Å²) in [6, 6.07) is 9.47. The molecule has 18 heavy (non-hydrogen) atoms. The van der Waals surface area contributed by atoms with E-state index in [4.69, 9.17) is 0 Å². The van der Waals surface area contributed by atoms with Gasteiger partial charge in [0.15, 0.2) is 6.29 Å². The molecule has 0 spiro atoms. The normalized spacial score (nSPS) is 10.0. The van der Waals surface area contributed by atoms with Crippen LogP contribution in [-0.2, 0) is 0 Å². The minimum atomic E-state index is -0.452. The highest BCUT2D eigenvalue weighted by Crippen LogP contribution is 2.29. The number of rotatable bonds is 4. The van der Waals surface area contributed by atoms with Crippen molar-refractivity contribution in [3.63, 3.8) is 0 Å². The van der Waals surface area contributed by atoms with Crippen molar-refractivity contribution in [2.45, 2.75) is 9.92 Å². The molecule has 0 fully saturated rings. The van der Waals surface area contributed by atoms with Crippen molar-refractivity contribution < 1.29 is 9.72 Å². The number of nitrogens with zero attached hydrogens (tertiary/aromatic N) is 2. The molecule has 0 aliphatic heterocycles. The molecule has 0 saturated carbocycles. The van der Waals surface area contributed by atoms with Gasteiger partial charge in [0.1, 0.15) is 5.03 Å². The van der Waals surface area contributed by atoms with Gasteiger partial charge in [0.2, 0.25) is 0 Å². The predicted molar refractivity (Wildman–Crippen MR) is 66.8 cm³/mol. The van der Waals surface area contributed by atoms with E-state index >= 15 is 0 Å². The van der Waals surface area contributed by atoms with Crippen LogP contribution in [0.1, 0.15) is 10.4 Å². The monoisotopic (exact) mass is 260 g/mol. The van der Waals surface area contributed by atoms with Crippen molar-refractivity contribution in [3.05, 3.63) is 58.3 Å². The molecule has 6 heteroatoms. The van der Waals surface area contributed by atoms with E-state index in [9.17, 15) is 14.9 Å². The van der Waals surface area contributed by atoms with Crippen molar-refractivity contribution in [2.75, 3.05) is 0 Å². The lowest BCUT2D eigenvalue weighted by atomic mass is 10.3. The first-order chi connectivity index (χ1) is 8.70. The molecule has 1 heterocycles. The van der Waals surface area contributed by atoms with Crippen molar-refractivity contribution in [3.8, 4) is 0 Å². The van der Waals surface area contributed by atoms with E-state index in [1.165, 1.54) is 23.9 Å². The van der Waals surface area contributed by atoms with Crippen LogP contribution in [-0.4, -0.2) is 16.2 Å². The summed E-state index contributed by atoms with van der Waals surface area (Å²) in [5.41, 5.74) is 0.539. The summed E-state index contributed by atoms with van der Waals surface area (Å²) in [5.74, 6) is 0. The fourth-order valence-corrected chi connectivity index (χ4v) is 2.17. The second-order valence-electron chi connectivity index (χ2n) is 3.37. The molecule has 0 radical (unpaired) electrons. The lowest BCUT2D eigenvalue weighted by molar-refractivity contribution is -0.384. The maximum atomic E-state index is 10.8. The molecule has 5 nitrogen and oxygen atoms in total. The molecule has 2 rings (SSSR count). The Bertz CT molecular complexity index is 584. The summed E-state index contributed by atoms with van der Waals surface area (Å²) in [6.07, 6.45) is 2.33. The average molecular weight is 260 g/mol. The Morgan fingerprint density at radius 1 is 1.22 bits per heavy atom. The molecule has 0 bridgehead atoms. The first kappa shape index (κ1) is 12.3. The zero-order valence-corrected chi connectivity index (χ0v) is 9.96. The SMILES string of the molecule is O=Cc1cccnc1Sc1ccc([N+](=O)[O-])cc1. The number of hydrogen-bond acceptors (Lipinski definition) is 5. The quantitative estimate of drug-likeness (QED) is 0.480. The lowest BCUT2D eigenvalue weighted by Crippen LogP contribution is -1.89. The van der Waals surface area contributed by atoms with Crippen LogP contribution >= 0.6 is 11.8 Å². The third kappa shape index (κ3) is 2.72. The van der Waals surface area contributed by atoms with Crippen LogP contribution in [0.15, 0.2) is 52.5 Å². The Labute approximate surface area is 107 Å². The molecule has 0 aliphatic rings. The second-order valence-corrected chi connectivity index (χ2v) is 4.43. The average Bonchev–Trinajstić information content (AvgIpc) is 2.40. The molecule has 0 atom stereocenters. The molecule has 1 aromatic heterocycles. The van der Waals surface area contributed by atoms with E-state index in [2.05, 4.69) is 4.98 Å². The highest BCUT2D eigenvalue weighted by molar-refractivity contribution is 7.99. The maximum Gasteiger partial charge on any atom is 0.269 e. The van der Waals surface area contributed by atoms with E-state index in [1.54, 1.807) is 30.5 Å². The Kier molecular flexibility index (Phi) is 3.69. The first-order valence-corrected chi connectivity index (χ1v) is 5.85. The van der Waals surface area contributed by atoms with Crippen LogP contribution in [0.4, 0.5) is 5.69 Å². The van der Waals surface area contributed by atoms with E-state index in [-0.39, 0.29) is 5.69 Å². The standard InChI is InChI=1S/C12H8N2O3S/c15-8-9-2-1-7-13-12(9)18-11-5-3-10(4-6-11)14(16)17/h1-8H. The van der Waals surface area contributed by atoms with Crippen molar-refractivity contribution >= 4 is 23.7 Å². The van der Waals surface area contributed by atoms with Gasteiger partial charge in [-0.25, -0.2) is 4.98 Å². The van der Waals surface area contributed by atoms with E-state index < -0.39 is 4.92 Å². The van der Waals surface area contributed by atoms with Crippen molar-refractivity contribution in [1.29, 1.82) is 0 Å². The van der Waals surface area contributed by atoms with E-state index in [0.29, 0.717) is 10.6 Å². The van der Waals surface area contributed by atoms with Crippen LogP contribution in [0.2, 0.25) is 0 Å². The van der Waals surface area contributed by atoms with Crippen LogP contribution in [0.5, 0.6) is 0 Å². The van der Waals surface area contributed by atoms with Crippen LogP contribution in [0.25, 0.3) is 0 Å². The smallest absolute Gasteiger partial charge is 0.269 e. The molecular formula is C12H8N2O3S. The Morgan fingerprint density at radius 2 is 1.94 bits per heavy atom. The number of nitro benzene ring substituents is 1. The molecule has 0 saturated heterocycles. The zero-order valence-electron chi connectivity index (χ0n) is 9.15. The third-order valence-corrected chi connectivity index (χ3v) is 3.23. The van der Waals surface area contributed by atoms with Gasteiger partial charge < -0.3 is 0 Å². The Hall–Kier alpha value is -2.21. The molecule has 2 aromatic rings. The summed E-state index contributed by atoms with van der Waals surface area (Å²) in [4.78, 5) is 25.8. The molecular weight excluding hydrogens is 252 g/mol. The Morgan fingerprint density at radius 3 is 2.56 bits per heavy atom. The van der Waals surface area contributed by atoms with Gasteiger partial charge in [-0.2, -0.15) is 0 Å². The van der Waals surface area contributed by atoms with Crippen molar-refractivity contribution in [1.82, 2.24) is 4.98 Å². The van der Waals surface area contributed by atoms with Crippen LogP contribution in [0.3, 0.4) is 0 Å². The molecule has 0 unspecified atom stereocenters. The van der Waals surface area contributed by atoms with Crippen LogP contribution < -0.4 is 0 Å². The van der Waals surface area contributed by atoms with Crippen LogP contribution in [0, 0.1) is 10.1 Å². The molecule has 90 valence electrons. The van der Waals surface area contributed by atoms with Crippen molar-refractivity contribution in [2.24, 2.45) is 0 Å². The zero-order chi connectivity index (χ0) is 13.0. The third-order valence-electron chi connectivity index (χ3n) is 2.19. The lowest BCUT2D eigenvalue weighted by Gasteiger charge is -2.02. The maximum absolute atomic E-state index is 10.8. The number of nitro groups is 1. The topological polar surface area (TPSA) is 73.1 Å². The summed E-state index contributed by atoms with van der Waals surface area (Å²) >= 11 is 1.29. The highest BCUT2D eigenvalue weighted by atomic mass is 32.2. The number of aldehydes is 1. The predicted octanol–water partition coefficient (Wildman–Crippen LogP) is 2.95. The Balaban J connectivity index is 2.23. The number of benzene rings is 1. The minimum Gasteiger partial charge on any atom is -0.298 e. The number of pyridine rings is 1. The van der Waals surface area contributed by atoms with Gasteiger partial charge in [-0.3, -0.25) is 14.9 Å². The summed E-state index contributed by atoms with van der Waals surface area (Å²) in [6.45, 7) is 0. The molecule has 0 aliphatic carbocycles. The van der Waals surface area contributed by atoms with Gasteiger partial charge >= 0.3 is 0 Å². The van der Waals surface area contributed by atoms with Gasteiger partial charge in [-0.1, -0.05) is 11.8 Å². The number of aromatic nitrogens is 1. The minimum absolute atomic E-state index is 0.0379. The number of hydrogen-bond donors (Lipinski definition) is 0. The van der Waals surface area contributed by atoms with E-state index in [0.717, 1.165) is 11.2 Å². The van der Waals surface area contributed by atoms with Gasteiger partial charge in [0.05, 0.1) is 4.92 Å². The van der Waals surface area contributed by atoms with Gasteiger partial charge in [0.25, 0.3) is 5.69 Å². The summed E-state index contributed by atoms with van der Waals surface area (Å²) < 4.78 is 0. The fraction of sp³-hybridized carbons (Fsp3) is 0. The number of carbonyl (C=O) groups excluding carboxylic acids is 1. The van der Waals surface area contributed by atoms with E-state index in [1.807, 2.05) is 0 Å². The number of carbonyl (C=O) groups is 1. The summed E-state index contributed by atoms with van der Waals surface area (Å²) in [7, 11) is 0.